The molecule has 2 N–H and O–H groups in total. The highest BCUT2D eigenvalue weighted by molar-refractivity contribution is 7.90. The van der Waals surface area contributed by atoms with Gasteiger partial charge in [-0.05, 0) is 62.1 Å². The third-order valence-electron chi connectivity index (χ3n) is 4.15. The van der Waals surface area contributed by atoms with Gasteiger partial charge < -0.3 is 10.4 Å². The standard InChI is InChI=1S/C19H25NO3S/c1-14(4-5-16-6-10-18(21)11-7-16)20-15(2)17-8-12-19(13-9-17)24(3,22)23/h6-15,20-21H,4-5H2,1-3H3. The number of benzene rings is 2. The van der Waals surface area contributed by atoms with Gasteiger partial charge in [-0.1, -0.05) is 24.3 Å². The molecule has 0 aliphatic heterocycles. The molecule has 2 aromatic rings. The van der Waals surface area contributed by atoms with E-state index in [0.29, 0.717) is 10.9 Å². The average Bonchev–Trinajstić information content (AvgIpc) is 2.53. The number of hydrogen-bond acceptors (Lipinski definition) is 4. The number of aromatic hydroxyl groups is 1. The third-order valence-corrected chi connectivity index (χ3v) is 5.27. The summed E-state index contributed by atoms with van der Waals surface area (Å²) in [5, 5.41) is 12.8. The van der Waals surface area contributed by atoms with E-state index in [4.69, 9.17) is 0 Å². The molecule has 130 valence electrons. The predicted octanol–water partition coefficient (Wildman–Crippen LogP) is 3.47. The quantitative estimate of drug-likeness (QED) is 0.805. The van der Waals surface area contributed by atoms with E-state index in [2.05, 4.69) is 19.2 Å². The summed E-state index contributed by atoms with van der Waals surface area (Å²) in [7, 11) is -3.15. The molecule has 0 radical (unpaired) electrons. The van der Waals surface area contributed by atoms with Crippen LogP contribution in [0.4, 0.5) is 0 Å². The van der Waals surface area contributed by atoms with Gasteiger partial charge in [0.2, 0.25) is 0 Å². The highest BCUT2D eigenvalue weighted by Gasteiger charge is 2.12. The van der Waals surface area contributed by atoms with E-state index in [1.807, 2.05) is 24.3 Å². The van der Waals surface area contributed by atoms with Gasteiger partial charge >= 0.3 is 0 Å². The highest BCUT2D eigenvalue weighted by Crippen LogP contribution is 2.18. The molecule has 2 unspecified atom stereocenters. The summed E-state index contributed by atoms with van der Waals surface area (Å²) < 4.78 is 23.0. The van der Waals surface area contributed by atoms with Crippen LogP contribution in [-0.2, 0) is 16.3 Å². The second kappa shape index (κ2) is 7.81. The fraction of sp³-hybridized carbons (Fsp3) is 0.368. The van der Waals surface area contributed by atoms with Crippen molar-refractivity contribution in [1.82, 2.24) is 5.32 Å². The van der Waals surface area contributed by atoms with Crippen molar-refractivity contribution in [3.05, 3.63) is 59.7 Å². The maximum atomic E-state index is 11.5. The van der Waals surface area contributed by atoms with Crippen LogP contribution in [0.25, 0.3) is 0 Å². The molecule has 0 aliphatic rings. The zero-order valence-electron chi connectivity index (χ0n) is 14.4. The fourth-order valence-corrected chi connectivity index (χ4v) is 3.29. The molecule has 2 atom stereocenters. The Morgan fingerprint density at radius 1 is 1.00 bits per heavy atom. The minimum absolute atomic E-state index is 0.147. The van der Waals surface area contributed by atoms with Gasteiger partial charge in [-0.15, -0.1) is 0 Å². The minimum Gasteiger partial charge on any atom is -0.508 e. The van der Waals surface area contributed by atoms with Gasteiger partial charge in [0.1, 0.15) is 5.75 Å². The molecule has 0 saturated heterocycles. The van der Waals surface area contributed by atoms with Gasteiger partial charge in [-0.25, -0.2) is 8.42 Å². The summed E-state index contributed by atoms with van der Waals surface area (Å²) in [6.07, 6.45) is 3.14. The van der Waals surface area contributed by atoms with Crippen LogP contribution in [0.15, 0.2) is 53.4 Å². The normalized spacial score (nSPS) is 14.3. The second-order valence-electron chi connectivity index (χ2n) is 6.34. The van der Waals surface area contributed by atoms with Crippen molar-refractivity contribution in [3.63, 3.8) is 0 Å². The van der Waals surface area contributed by atoms with Crippen LogP contribution in [0, 0.1) is 0 Å². The summed E-state index contributed by atoms with van der Waals surface area (Å²) in [5.74, 6) is 0.288. The molecule has 0 amide bonds. The van der Waals surface area contributed by atoms with Crippen LogP contribution >= 0.6 is 0 Å². The summed E-state index contributed by atoms with van der Waals surface area (Å²) in [6, 6.07) is 14.8. The molecule has 0 heterocycles. The lowest BCUT2D eigenvalue weighted by Crippen LogP contribution is -2.29. The van der Waals surface area contributed by atoms with Crippen molar-refractivity contribution in [2.75, 3.05) is 6.26 Å². The van der Waals surface area contributed by atoms with Crippen LogP contribution in [-0.4, -0.2) is 25.8 Å². The second-order valence-corrected chi connectivity index (χ2v) is 8.35. The van der Waals surface area contributed by atoms with Gasteiger partial charge in [0.05, 0.1) is 4.90 Å². The smallest absolute Gasteiger partial charge is 0.175 e. The molecule has 2 aromatic carbocycles. The first-order chi connectivity index (χ1) is 11.3. The molecule has 0 bridgehead atoms. The lowest BCUT2D eigenvalue weighted by molar-refractivity contribution is 0.455. The van der Waals surface area contributed by atoms with E-state index in [-0.39, 0.29) is 11.8 Å². The van der Waals surface area contributed by atoms with Gasteiger partial charge in [0, 0.05) is 18.3 Å². The molecular weight excluding hydrogens is 322 g/mol. The van der Waals surface area contributed by atoms with Crippen molar-refractivity contribution in [3.8, 4) is 5.75 Å². The molecule has 0 aliphatic carbocycles. The molecule has 5 heteroatoms. The van der Waals surface area contributed by atoms with E-state index in [0.717, 1.165) is 18.4 Å². The lowest BCUT2D eigenvalue weighted by atomic mass is 10.0. The van der Waals surface area contributed by atoms with E-state index in [1.165, 1.54) is 11.8 Å². The number of rotatable bonds is 7. The maximum Gasteiger partial charge on any atom is 0.175 e. The van der Waals surface area contributed by atoms with Crippen molar-refractivity contribution in [2.45, 2.75) is 43.7 Å². The first-order valence-corrected chi connectivity index (χ1v) is 9.99. The first kappa shape index (κ1) is 18.5. The summed E-state index contributed by atoms with van der Waals surface area (Å²) in [4.78, 5) is 0.346. The number of phenols is 1. The number of hydrogen-bond donors (Lipinski definition) is 2. The van der Waals surface area contributed by atoms with Crippen molar-refractivity contribution >= 4 is 9.84 Å². The summed E-state index contributed by atoms with van der Waals surface area (Å²) >= 11 is 0. The van der Waals surface area contributed by atoms with Crippen LogP contribution < -0.4 is 5.32 Å². The largest absolute Gasteiger partial charge is 0.508 e. The predicted molar refractivity (Wildman–Crippen MR) is 97.0 cm³/mol. The average molecular weight is 347 g/mol. The van der Waals surface area contributed by atoms with Crippen molar-refractivity contribution < 1.29 is 13.5 Å². The Morgan fingerprint density at radius 2 is 1.58 bits per heavy atom. The van der Waals surface area contributed by atoms with Crippen LogP contribution in [0.1, 0.15) is 37.4 Å². The van der Waals surface area contributed by atoms with Crippen molar-refractivity contribution in [1.29, 1.82) is 0 Å². The Balaban J connectivity index is 1.88. The van der Waals surface area contributed by atoms with Gasteiger partial charge in [-0.2, -0.15) is 0 Å². The highest BCUT2D eigenvalue weighted by atomic mass is 32.2. The zero-order valence-corrected chi connectivity index (χ0v) is 15.2. The van der Waals surface area contributed by atoms with E-state index in [1.54, 1.807) is 24.3 Å². The molecule has 4 nitrogen and oxygen atoms in total. The van der Waals surface area contributed by atoms with E-state index < -0.39 is 9.84 Å². The van der Waals surface area contributed by atoms with E-state index >= 15 is 0 Å². The SMILES string of the molecule is CC(CCc1ccc(O)cc1)NC(C)c1ccc(S(C)(=O)=O)cc1. The Hall–Kier alpha value is -1.85. The molecular formula is C19H25NO3S. The molecule has 2 rings (SSSR count). The van der Waals surface area contributed by atoms with Gasteiger partial charge in [0.25, 0.3) is 0 Å². The van der Waals surface area contributed by atoms with Gasteiger partial charge in [0.15, 0.2) is 9.84 Å². The summed E-state index contributed by atoms with van der Waals surface area (Å²) in [5.41, 5.74) is 2.27. The Kier molecular flexibility index (Phi) is 6.02. The molecule has 0 fully saturated rings. The van der Waals surface area contributed by atoms with Crippen molar-refractivity contribution in [2.24, 2.45) is 0 Å². The number of phenolic OH excluding ortho intramolecular Hbond substituents is 1. The van der Waals surface area contributed by atoms with Crippen LogP contribution in [0.3, 0.4) is 0 Å². The zero-order chi connectivity index (χ0) is 17.7. The maximum absolute atomic E-state index is 11.5. The summed E-state index contributed by atoms with van der Waals surface area (Å²) in [6.45, 7) is 4.22. The number of sulfone groups is 1. The Labute approximate surface area is 144 Å². The Bertz CT molecular complexity index is 752. The number of aryl methyl sites for hydroxylation is 1. The monoisotopic (exact) mass is 347 g/mol. The Morgan fingerprint density at radius 3 is 2.12 bits per heavy atom. The topological polar surface area (TPSA) is 66.4 Å². The van der Waals surface area contributed by atoms with Gasteiger partial charge in [-0.3, -0.25) is 0 Å². The minimum atomic E-state index is -3.15. The molecule has 0 spiro atoms. The van der Waals surface area contributed by atoms with Crippen LogP contribution in [0.5, 0.6) is 5.75 Å². The fourth-order valence-electron chi connectivity index (χ4n) is 2.66. The molecule has 0 aromatic heterocycles. The number of nitrogens with one attached hydrogen (secondary N) is 1. The lowest BCUT2D eigenvalue weighted by Gasteiger charge is -2.20. The third kappa shape index (κ3) is 5.35. The molecule has 24 heavy (non-hydrogen) atoms. The van der Waals surface area contributed by atoms with Crippen LogP contribution in [0.2, 0.25) is 0 Å². The van der Waals surface area contributed by atoms with E-state index in [9.17, 15) is 13.5 Å². The first-order valence-electron chi connectivity index (χ1n) is 8.09. The molecule has 0 saturated carbocycles.